The fourth-order valence-electron chi connectivity index (χ4n) is 2.18. The minimum Gasteiger partial charge on any atom is -0.297 e. The van der Waals surface area contributed by atoms with E-state index in [-0.39, 0.29) is 0 Å². The van der Waals surface area contributed by atoms with E-state index < -0.39 is 0 Å². The van der Waals surface area contributed by atoms with Crippen LogP contribution in [0.15, 0.2) is 18.2 Å². The second-order valence-electron chi connectivity index (χ2n) is 4.28. The lowest BCUT2D eigenvalue weighted by molar-refractivity contribution is 0.194. The van der Waals surface area contributed by atoms with Crippen LogP contribution in [0.5, 0.6) is 0 Å². The van der Waals surface area contributed by atoms with Crippen LogP contribution in [0.3, 0.4) is 0 Å². The molecule has 0 spiro atoms. The molecule has 0 N–H and O–H groups in total. The van der Waals surface area contributed by atoms with E-state index in [0.29, 0.717) is 6.04 Å². The standard InChI is InChI=1S/C13H16Cl2N/c1-10(16-5-3-2-4-6-16)11-7-12(14)9-13(15)8-11/h2,7-10H,3-6H2,1H3/t10-/m1/s1. The molecule has 1 radical (unpaired) electrons. The summed E-state index contributed by atoms with van der Waals surface area (Å²) in [6.07, 6.45) is 4.71. The Balaban J connectivity index is 2.15. The zero-order valence-corrected chi connectivity index (χ0v) is 10.9. The number of benzene rings is 1. The van der Waals surface area contributed by atoms with Gasteiger partial charge in [-0.1, -0.05) is 23.2 Å². The molecular weight excluding hydrogens is 241 g/mol. The van der Waals surface area contributed by atoms with Gasteiger partial charge in [-0.2, -0.15) is 0 Å². The third-order valence-corrected chi connectivity index (χ3v) is 3.59. The van der Waals surface area contributed by atoms with Crippen LogP contribution < -0.4 is 0 Å². The van der Waals surface area contributed by atoms with Crippen LogP contribution in [0.2, 0.25) is 10.0 Å². The Morgan fingerprint density at radius 1 is 1.06 bits per heavy atom. The Kier molecular flexibility index (Phi) is 4.12. The lowest BCUT2D eigenvalue weighted by atomic mass is 10.0. The number of likely N-dealkylation sites (tertiary alicyclic amines) is 1. The third kappa shape index (κ3) is 2.91. The van der Waals surface area contributed by atoms with Gasteiger partial charge in [0.1, 0.15) is 0 Å². The van der Waals surface area contributed by atoms with Gasteiger partial charge in [0, 0.05) is 16.1 Å². The molecule has 0 unspecified atom stereocenters. The van der Waals surface area contributed by atoms with Crippen LogP contribution in [0, 0.1) is 6.42 Å². The summed E-state index contributed by atoms with van der Waals surface area (Å²) in [6, 6.07) is 6.20. The predicted octanol–water partition coefficient (Wildman–Crippen LogP) is 4.35. The van der Waals surface area contributed by atoms with Crippen LogP contribution >= 0.6 is 23.2 Å². The van der Waals surface area contributed by atoms with Crippen LogP contribution in [-0.2, 0) is 0 Å². The molecule has 1 aliphatic rings. The van der Waals surface area contributed by atoms with Crippen LogP contribution in [-0.4, -0.2) is 18.0 Å². The molecule has 1 atom stereocenters. The molecule has 1 aromatic carbocycles. The van der Waals surface area contributed by atoms with E-state index in [9.17, 15) is 0 Å². The highest BCUT2D eigenvalue weighted by molar-refractivity contribution is 6.34. The summed E-state index contributed by atoms with van der Waals surface area (Å²) in [5.41, 5.74) is 1.21. The molecule has 1 heterocycles. The summed E-state index contributed by atoms with van der Waals surface area (Å²) >= 11 is 12.0. The average molecular weight is 257 g/mol. The van der Waals surface area contributed by atoms with Gasteiger partial charge in [-0.3, -0.25) is 4.90 Å². The van der Waals surface area contributed by atoms with Crippen molar-refractivity contribution in [2.45, 2.75) is 25.8 Å². The number of nitrogens with zero attached hydrogens (tertiary/aromatic N) is 1. The minimum atomic E-state index is 0.393. The number of halogens is 2. The van der Waals surface area contributed by atoms with Gasteiger partial charge in [-0.05, 0) is 63.0 Å². The maximum absolute atomic E-state index is 6.02. The largest absolute Gasteiger partial charge is 0.297 e. The van der Waals surface area contributed by atoms with E-state index >= 15 is 0 Å². The van der Waals surface area contributed by atoms with E-state index in [4.69, 9.17) is 23.2 Å². The first kappa shape index (κ1) is 12.2. The summed E-state index contributed by atoms with van der Waals surface area (Å²) < 4.78 is 0. The number of hydrogen-bond donors (Lipinski definition) is 0. The molecule has 0 aromatic heterocycles. The van der Waals surface area contributed by atoms with E-state index in [1.807, 2.05) is 12.1 Å². The van der Waals surface area contributed by atoms with Crippen molar-refractivity contribution in [1.29, 1.82) is 0 Å². The fraction of sp³-hybridized carbons (Fsp3) is 0.462. The molecule has 1 aromatic rings. The molecule has 0 amide bonds. The second-order valence-corrected chi connectivity index (χ2v) is 5.15. The van der Waals surface area contributed by atoms with Gasteiger partial charge in [-0.25, -0.2) is 0 Å². The minimum absolute atomic E-state index is 0.393. The molecule has 0 bridgehead atoms. The summed E-state index contributed by atoms with van der Waals surface area (Å²) in [7, 11) is 0. The summed E-state index contributed by atoms with van der Waals surface area (Å²) in [6.45, 7) is 4.48. The second kappa shape index (κ2) is 5.39. The lowest BCUT2D eigenvalue weighted by Crippen LogP contribution is -2.32. The highest BCUT2D eigenvalue weighted by Gasteiger charge is 2.18. The van der Waals surface area contributed by atoms with Gasteiger partial charge in [0.2, 0.25) is 0 Å². The van der Waals surface area contributed by atoms with Crippen molar-refractivity contribution in [3.8, 4) is 0 Å². The Bertz CT molecular complexity index is 339. The van der Waals surface area contributed by atoms with Gasteiger partial charge in [-0.15, -0.1) is 0 Å². The predicted molar refractivity (Wildman–Crippen MR) is 70.0 cm³/mol. The van der Waals surface area contributed by atoms with E-state index in [1.54, 1.807) is 6.07 Å². The van der Waals surface area contributed by atoms with Crippen molar-refractivity contribution in [3.63, 3.8) is 0 Å². The fourth-order valence-corrected chi connectivity index (χ4v) is 2.73. The van der Waals surface area contributed by atoms with Crippen molar-refractivity contribution in [3.05, 3.63) is 40.2 Å². The first-order valence-electron chi connectivity index (χ1n) is 5.68. The number of rotatable bonds is 2. The highest BCUT2D eigenvalue weighted by Crippen LogP contribution is 2.28. The monoisotopic (exact) mass is 256 g/mol. The molecule has 87 valence electrons. The normalized spacial score (nSPS) is 19.7. The highest BCUT2D eigenvalue weighted by atomic mass is 35.5. The SMILES string of the molecule is C[C@H](c1cc(Cl)cc(Cl)c1)N1CC[CH]CC1. The summed E-state index contributed by atoms with van der Waals surface area (Å²) in [5, 5.41) is 1.44. The van der Waals surface area contributed by atoms with Crippen molar-refractivity contribution in [2.75, 3.05) is 13.1 Å². The first-order valence-corrected chi connectivity index (χ1v) is 6.44. The molecule has 0 saturated carbocycles. The zero-order valence-electron chi connectivity index (χ0n) is 9.42. The Morgan fingerprint density at radius 2 is 1.62 bits per heavy atom. The van der Waals surface area contributed by atoms with Crippen molar-refractivity contribution in [2.24, 2.45) is 0 Å². The van der Waals surface area contributed by atoms with Gasteiger partial charge < -0.3 is 0 Å². The maximum Gasteiger partial charge on any atom is 0.0424 e. The quantitative estimate of drug-likeness (QED) is 0.761. The molecular formula is C13H16Cl2N. The summed E-state index contributed by atoms with van der Waals surface area (Å²) in [4.78, 5) is 2.47. The Labute approximate surface area is 107 Å². The van der Waals surface area contributed by atoms with Gasteiger partial charge in [0.05, 0.1) is 0 Å². The van der Waals surface area contributed by atoms with Crippen LogP contribution in [0.25, 0.3) is 0 Å². The molecule has 16 heavy (non-hydrogen) atoms. The van der Waals surface area contributed by atoms with Gasteiger partial charge >= 0.3 is 0 Å². The topological polar surface area (TPSA) is 3.24 Å². The smallest absolute Gasteiger partial charge is 0.0424 e. The molecule has 3 heteroatoms. The van der Waals surface area contributed by atoms with E-state index in [2.05, 4.69) is 18.2 Å². The Morgan fingerprint density at radius 3 is 2.19 bits per heavy atom. The van der Waals surface area contributed by atoms with Crippen molar-refractivity contribution < 1.29 is 0 Å². The maximum atomic E-state index is 6.02. The van der Waals surface area contributed by atoms with E-state index in [0.717, 1.165) is 23.1 Å². The molecule has 1 fully saturated rings. The Hall–Kier alpha value is -0.240. The van der Waals surface area contributed by atoms with E-state index in [1.165, 1.54) is 18.4 Å². The van der Waals surface area contributed by atoms with Gasteiger partial charge in [0.25, 0.3) is 0 Å². The van der Waals surface area contributed by atoms with Gasteiger partial charge in [0.15, 0.2) is 0 Å². The lowest BCUT2D eigenvalue weighted by Gasteiger charge is -2.32. The average Bonchev–Trinajstić information content (AvgIpc) is 2.28. The van der Waals surface area contributed by atoms with Crippen molar-refractivity contribution in [1.82, 2.24) is 4.90 Å². The first-order chi connectivity index (χ1) is 7.66. The molecule has 2 rings (SSSR count). The zero-order chi connectivity index (χ0) is 11.5. The molecule has 1 aliphatic heterocycles. The molecule has 0 aliphatic carbocycles. The van der Waals surface area contributed by atoms with Crippen LogP contribution in [0.4, 0.5) is 0 Å². The summed E-state index contributed by atoms with van der Waals surface area (Å²) in [5.74, 6) is 0. The number of piperidine rings is 1. The molecule has 1 saturated heterocycles. The van der Waals surface area contributed by atoms with Crippen LogP contribution in [0.1, 0.15) is 31.4 Å². The van der Waals surface area contributed by atoms with Crippen molar-refractivity contribution >= 4 is 23.2 Å². The third-order valence-electron chi connectivity index (χ3n) is 3.16. The number of hydrogen-bond acceptors (Lipinski definition) is 1. The molecule has 1 nitrogen and oxygen atoms in total.